The van der Waals surface area contributed by atoms with Gasteiger partial charge in [-0.25, -0.2) is 0 Å². The Bertz CT molecular complexity index is 610. The molecule has 24 heavy (non-hydrogen) atoms. The van der Waals surface area contributed by atoms with Crippen LogP contribution < -0.4 is 16.6 Å². The normalized spacial score (nSPS) is 19.2. The van der Waals surface area contributed by atoms with E-state index in [4.69, 9.17) is 15.2 Å². The zero-order valence-corrected chi connectivity index (χ0v) is 15.0. The van der Waals surface area contributed by atoms with Crippen LogP contribution in [0.3, 0.4) is 0 Å². The van der Waals surface area contributed by atoms with Gasteiger partial charge in [-0.3, -0.25) is 10.6 Å². The Labute approximate surface area is 143 Å². The molecule has 1 aromatic carbocycles. The van der Waals surface area contributed by atoms with Gasteiger partial charge in [-0.1, -0.05) is 18.2 Å². The minimum absolute atomic E-state index is 0.0971. The number of nitrogens with one attached hydrogen (secondary N) is 2. The van der Waals surface area contributed by atoms with Crippen molar-refractivity contribution in [2.75, 3.05) is 12.0 Å². The molecule has 0 unspecified atom stereocenters. The lowest BCUT2D eigenvalue weighted by atomic mass is 9.77. The number of amides is 1. The third kappa shape index (κ3) is 4.17. The second-order valence-electron chi connectivity index (χ2n) is 6.98. The maximum atomic E-state index is 11.3. The Balaban J connectivity index is 2.27. The number of rotatable bonds is 5. The number of benzene rings is 1. The smallest absolute Gasteiger partial charge is 0.400 e. The molecule has 1 amide bonds. The van der Waals surface area contributed by atoms with E-state index < -0.39 is 18.3 Å². The number of nitrogens with two attached hydrogens (primary N) is 1. The quantitative estimate of drug-likeness (QED) is 0.437. The van der Waals surface area contributed by atoms with Gasteiger partial charge in [0.1, 0.15) is 0 Å². The standard InChI is InChI=1S/C17H26BN3O3/c1-12(22)20-11-14(10-13-6-8-15(21-19)9-7-13)18-23-16(2,3)17(4,5)24-18/h6-10,21H,11,19H2,1-5H3,(H,20,22). The molecule has 7 heteroatoms. The van der Waals surface area contributed by atoms with Crippen molar-refractivity contribution in [3.05, 3.63) is 35.3 Å². The van der Waals surface area contributed by atoms with Crippen molar-refractivity contribution >= 4 is 24.8 Å². The monoisotopic (exact) mass is 331 g/mol. The highest BCUT2D eigenvalue weighted by atomic mass is 16.7. The summed E-state index contributed by atoms with van der Waals surface area (Å²) < 4.78 is 12.2. The molecule has 1 heterocycles. The number of carbonyl (C=O) groups is 1. The number of hydrogen-bond acceptors (Lipinski definition) is 5. The van der Waals surface area contributed by atoms with Crippen LogP contribution in [-0.4, -0.2) is 30.8 Å². The molecule has 6 nitrogen and oxygen atoms in total. The molecule has 0 spiro atoms. The fraction of sp³-hybridized carbons (Fsp3) is 0.471. The molecule has 0 aliphatic carbocycles. The lowest BCUT2D eigenvalue weighted by molar-refractivity contribution is -0.118. The molecule has 1 aliphatic heterocycles. The van der Waals surface area contributed by atoms with Crippen LogP contribution in [0.25, 0.3) is 6.08 Å². The van der Waals surface area contributed by atoms with E-state index in [9.17, 15) is 4.79 Å². The molecule has 1 saturated heterocycles. The van der Waals surface area contributed by atoms with Crippen molar-refractivity contribution in [1.29, 1.82) is 0 Å². The largest absolute Gasteiger partial charge is 0.492 e. The van der Waals surface area contributed by atoms with E-state index in [1.807, 2.05) is 58.0 Å². The SMILES string of the molecule is CC(=O)NCC(=Cc1ccc(NN)cc1)B1OC(C)(C)C(C)(C)O1. The number of hydrazine groups is 1. The number of anilines is 1. The molecule has 1 aromatic rings. The van der Waals surface area contributed by atoms with Crippen LogP contribution in [-0.2, 0) is 14.1 Å². The minimum Gasteiger partial charge on any atom is -0.400 e. The van der Waals surface area contributed by atoms with E-state index in [1.54, 1.807) is 0 Å². The number of hydrogen-bond donors (Lipinski definition) is 3. The second-order valence-corrected chi connectivity index (χ2v) is 6.98. The van der Waals surface area contributed by atoms with Gasteiger partial charge in [0, 0.05) is 19.2 Å². The van der Waals surface area contributed by atoms with Gasteiger partial charge in [0.25, 0.3) is 0 Å². The van der Waals surface area contributed by atoms with Crippen molar-refractivity contribution in [1.82, 2.24) is 5.32 Å². The van der Waals surface area contributed by atoms with Crippen molar-refractivity contribution < 1.29 is 14.1 Å². The van der Waals surface area contributed by atoms with Gasteiger partial charge in [-0.05, 0) is 50.9 Å². The van der Waals surface area contributed by atoms with E-state index in [0.717, 1.165) is 16.7 Å². The molecular formula is C17H26BN3O3. The van der Waals surface area contributed by atoms with Crippen LogP contribution in [0.2, 0.25) is 0 Å². The van der Waals surface area contributed by atoms with Crippen LogP contribution in [0, 0.1) is 0 Å². The number of carbonyl (C=O) groups excluding carboxylic acids is 1. The van der Waals surface area contributed by atoms with Gasteiger partial charge >= 0.3 is 7.12 Å². The molecule has 2 rings (SSSR count). The first-order valence-electron chi connectivity index (χ1n) is 8.02. The topological polar surface area (TPSA) is 85.6 Å². The van der Waals surface area contributed by atoms with E-state index in [2.05, 4.69) is 10.7 Å². The predicted octanol–water partition coefficient (Wildman–Crippen LogP) is 2.12. The van der Waals surface area contributed by atoms with Crippen molar-refractivity contribution in [3.8, 4) is 0 Å². The highest BCUT2D eigenvalue weighted by Gasteiger charge is 2.52. The minimum atomic E-state index is -0.505. The first-order chi connectivity index (χ1) is 11.1. The summed E-state index contributed by atoms with van der Waals surface area (Å²) >= 11 is 0. The summed E-state index contributed by atoms with van der Waals surface area (Å²) in [5.74, 6) is 5.29. The maximum absolute atomic E-state index is 11.3. The van der Waals surface area contributed by atoms with Gasteiger partial charge in [-0.2, -0.15) is 0 Å². The van der Waals surface area contributed by atoms with Crippen LogP contribution in [0.5, 0.6) is 0 Å². The molecule has 0 atom stereocenters. The Hall–Kier alpha value is -1.83. The number of nitrogen functional groups attached to an aromatic ring is 1. The van der Waals surface area contributed by atoms with Gasteiger partial charge < -0.3 is 20.1 Å². The first-order valence-corrected chi connectivity index (χ1v) is 8.02. The molecule has 4 N–H and O–H groups in total. The van der Waals surface area contributed by atoms with Gasteiger partial charge in [0.15, 0.2) is 0 Å². The van der Waals surface area contributed by atoms with Crippen LogP contribution in [0.1, 0.15) is 40.2 Å². The first kappa shape index (κ1) is 18.5. The molecule has 0 aromatic heterocycles. The van der Waals surface area contributed by atoms with Gasteiger partial charge in [-0.15, -0.1) is 0 Å². The predicted molar refractivity (Wildman–Crippen MR) is 97.0 cm³/mol. The third-order valence-corrected chi connectivity index (χ3v) is 4.53. The van der Waals surface area contributed by atoms with E-state index in [-0.39, 0.29) is 5.91 Å². The molecular weight excluding hydrogens is 305 g/mol. The summed E-state index contributed by atoms with van der Waals surface area (Å²) in [5.41, 5.74) is 4.40. The molecule has 130 valence electrons. The second kappa shape index (κ2) is 6.97. The van der Waals surface area contributed by atoms with Crippen LogP contribution in [0.15, 0.2) is 29.7 Å². The molecule has 1 aliphatic rings. The molecule has 0 radical (unpaired) electrons. The van der Waals surface area contributed by atoms with E-state index in [0.29, 0.717) is 6.54 Å². The highest BCUT2D eigenvalue weighted by molar-refractivity contribution is 6.56. The van der Waals surface area contributed by atoms with Crippen LogP contribution in [0.4, 0.5) is 5.69 Å². The Morgan fingerprint density at radius 2 is 1.71 bits per heavy atom. The summed E-state index contributed by atoms with van der Waals surface area (Å²) in [7, 11) is -0.505. The highest BCUT2D eigenvalue weighted by Crippen LogP contribution is 2.38. The fourth-order valence-electron chi connectivity index (χ4n) is 2.31. The summed E-state index contributed by atoms with van der Waals surface area (Å²) in [4.78, 5) is 11.3. The zero-order chi connectivity index (χ0) is 18.0. The van der Waals surface area contributed by atoms with E-state index in [1.165, 1.54) is 6.92 Å². The zero-order valence-electron chi connectivity index (χ0n) is 15.0. The molecule has 0 bridgehead atoms. The van der Waals surface area contributed by atoms with Gasteiger partial charge in [0.2, 0.25) is 5.91 Å². The van der Waals surface area contributed by atoms with Crippen molar-refractivity contribution in [2.45, 2.75) is 45.8 Å². The van der Waals surface area contributed by atoms with Crippen molar-refractivity contribution in [2.24, 2.45) is 5.84 Å². The summed E-state index contributed by atoms with van der Waals surface area (Å²) in [6, 6.07) is 7.64. The summed E-state index contributed by atoms with van der Waals surface area (Å²) in [6.07, 6.45) is 1.97. The summed E-state index contributed by atoms with van der Waals surface area (Å²) in [6.45, 7) is 9.87. The lowest BCUT2D eigenvalue weighted by Gasteiger charge is -2.32. The Morgan fingerprint density at radius 3 is 2.17 bits per heavy atom. The average molecular weight is 331 g/mol. The van der Waals surface area contributed by atoms with E-state index >= 15 is 0 Å². The van der Waals surface area contributed by atoms with Crippen LogP contribution >= 0.6 is 0 Å². The Morgan fingerprint density at radius 1 is 1.17 bits per heavy atom. The molecule has 1 fully saturated rings. The van der Waals surface area contributed by atoms with Gasteiger partial charge in [0.05, 0.1) is 11.2 Å². The summed E-state index contributed by atoms with van der Waals surface area (Å²) in [5, 5.41) is 2.82. The average Bonchev–Trinajstić information content (AvgIpc) is 2.72. The lowest BCUT2D eigenvalue weighted by Crippen LogP contribution is -2.41. The third-order valence-electron chi connectivity index (χ3n) is 4.53. The fourth-order valence-corrected chi connectivity index (χ4v) is 2.31. The maximum Gasteiger partial charge on any atom is 0.492 e. The molecule has 0 saturated carbocycles. The Kier molecular flexibility index (Phi) is 5.37. The van der Waals surface area contributed by atoms with Crippen molar-refractivity contribution in [3.63, 3.8) is 0 Å².